The Morgan fingerprint density at radius 3 is 1.32 bits per heavy atom. The van der Waals surface area contributed by atoms with E-state index in [-0.39, 0.29) is 0 Å². The quantitative estimate of drug-likeness (QED) is 0.225. The summed E-state index contributed by atoms with van der Waals surface area (Å²) in [6, 6.07) is 24.9. The number of hydrogen-bond donors (Lipinski definition) is 2. The van der Waals surface area contributed by atoms with Gasteiger partial charge in [-0.2, -0.15) is 10.2 Å². The van der Waals surface area contributed by atoms with Gasteiger partial charge in [0.05, 0.1) is 11.4 Å². The van der Waals surface area contributed by atoms with E-state index >= 15 is 0 Å². The van der Waals surface area contributed by atoms with E-state index in [2.05, 4.69) is 50.7 Å². The van der Waals surface area contributed by atoms with E-state index in [9.17, 15) is 0 Å². The molecule has 2 aromatic heterocycles. The third-order valence-corrected chi connectivity index (χ3v) is 9.43. The first-order chi connectivity index (χ1) is 18.5. The maximum absolute atomic E-state index is 5.01. The van der Waals surface area contributed by atoms with Gasteiger partial charge in [0, 0.05) is 51.5 Å². The molecule has 0 aliphatic heterocycles. The van der Waals surface area contributed by atoms with Crippen molar-refractivity contribution in [2.75, 3.05) is 10.9 Å². The van der Waals surface area contributed by atoms with Crippen LogP contribution in [0.2, 0.25) is 0 Å². The minimum Gasteiger partial charge on any atom is -0.278 e. The Morgan fingerprint density at radius 2 is 0.921 bits per heavy atom. The summed E-state index contributed by atoms with van der Waals surface area (Å²) < 4.78 is 2.60. The van der Waals surface area contributed by atoms with Crippen molar-refractivity contribution < 1.29 is 0 Å². The van der Waals surface area contributed by atoms with Crippen molar-refractivity contribution in [3.63, 3.8) is 0 Å². The van der Waals surface area contributed by atoms with Crippen LogP contribution in [0.5, 0.6) is 0 Å². The fourth-order valence-corrected chi connectivity index (χ4v) is 7.92. The monoisotopic (exact) mass is 530 g/mol. The van der Waals surface area contributed by atoms with Crippen LogP contribution in [0.4, 0.5) is 11.4 Å². The van der Waals surface area contributed by atoms with Gasteiger partial charge in [-0.3, -0.25) is 10.9 Å². The zero-order valence-electron chi connectivity index (χ0n) is 21.6. The van der Waals surface area contributed by atoms with Crippen molar-refractivity contribution in [1.82, 2.24) is 0 Å². The topological polar surface area (TPSA) is 48.8 Å². The normalized spacial score (nSPS) is 13.1. The first-order valence-electron chi connectivity index (χ1n) is 12.7. The van der Waals surface area contributed by atoms with Crippen LogP contribution < -0.4 is 21.6 Å². The highest BCUT2D eigenvalue weighted by Crippen LogP contribution is 2.42. The van der Waals surface area contributed by atoms with Crippen LogP contribution in [-0.2, 0) is 0 Å². The third-order valence-electron chi connectivity index (χ3n) is 7.29. The van der Waals surface area contributed by atoms with Crippen LogP contribution >= 0.6 is 22.7 Å². The molecule has 38 heavy (non-hydrogen) atoms. The molecule has 0 saturated carbocycles. The number of thiophene rings is 2. The average molecular weight is 531 g/mol. The van der Waals surface area contributed by atoms with Crippen molar-refractivity contribution in [2.45, 2.75) is 27.7 Å². The van der Waals surface area contributed by atoms with Crippen molar-refractivity contribution in [3.05, 3.63) is 104 Å². The molecule has 0 bridgehead atoms. The van der Waals surface area contributed by atoms with E-state index in [1.165, 1.54) is 62.6 Å². The van der Waals surface area contributed by atoms with E-state index in [1.807, 2.05) is 83.3 Å². The molecule has 5 aromatic carbocycles. The molecular formula is C32H26N4S2. The predicted molar refractivity (Wildman–Crippen MR) is 165 cm³/mol. The maximum atomic E-state index is 5.01. The maximum Gasteiger partial charge on any atom is 0.100 e. The number of rotatable bonds is 4. The van der Waals surface area contributed by atoms with Gasteiger partial charge in [-0.25, -0.2) is 0 Å². The number of nitrogens with zero attached hydrogens (tertiary/aromatic N) is 2. The van der Waals surface area contributed by atoms with Gasteiger partial charge in [0.1, 0.15) is 10.7 Å². The molecule has 0 fully saturated rings. The first kappa shape index (κ1) is 23.1. The second kappa shape index (κ2) is 8.79. The summed E-state index contributed by atoms with van der Waals surface area (Å²) in [5.41, 5.74) is 11.1. The molecule has 0 spiro atoms. The molecule has 4 nitrogen and oxygen atoms in total. The van der Waals surface area contributed by atoms with Crippen LogP contribution in [-0.4, -0.2) is 0 Å². The highest BCUT2D eigenvalue weighted by atomic mass is 32.1. The lowest BCUT2D eigenvalue weighted by Gasteiger charge is -2.07. The van der Waals surface area contributed by atoms with Crippen molar-refractivity contribution in [3.8, 4) is 0 Å². The van der Waals surface area contributed by atoms with E-state index < -0.39 is 0 Å². The zero-order chi connectivity index (χ0) is 26.0. The number of fused-ring (bicyclic) bond motifs is 6. The lowest BCUT2D eigenvalue weighted by atomic mass is 9.98. The molecule has 2 N–H and O–H groups in total. The standard InChI is InChI=1S/C32H26N4S2/c1-17-15-23-29(35-33-21-11-7-5-8-12-21)25-20(4)28-26(19(3)27(25)31(23)37-17)30(24-16-18(2)38-32(24)28)36-34-22-13-9-6-10-14-22/h5-16,33-34H,1-4H3/b35-29+,36-30+. The largest absolute Gasteiger partial charge is 0.278 e. The molecule has 0 amide bonds. The Balaban J connectivity index is 1.60. The minimum atomic E-state index is 0.982. The van der Waals surface area contributed by atoms with Crippen LogP contribution in [0.15, 0.2) is 83.0 Å². The van der Waals surface area contributed by atoms with E-state index in [0.717, 1.165) is 22.1 Å². The van der Waals surface area contributed by atoms with E-state index in [1.54, 1.807) is 0 Å². The van der Waals surface area contributed by atoms with Gasteiger partial charge in [-0.05, 0) is 75.2 Å². The molecule has 0 unspecified atom stereocenters. The van der Waals surface area contributed by atoms with Gasteiger partial charge < -0.3 is 0 Å². The van der Waals surface area contributed by atoms with Crippen molar-refractivity contribution in [2.24, 2.45) is 10.2 Å². The van der Waals surface area contributed by atoms with E-state index in [0.29, 0.717) is 0 Å². The Bertz CT molecular complexity index is 1950. The molecular weight excluding hydrogens is 505 g/mol. The van der Waals surface area contributed by atoms with Gasteiger partial charge in [-0.15, -0.1) is 22.7 Å². The van der Waals surface area contributed by atoms with Gasteiger partial charge >= 0.3 is 0 Å². The molecule has 2 heterocycles. The summed E-state index contributed by atoms with van der Waals surface area (Å²) in [7, 11) is 0. The van der Waals surface area contributed by atoms with Gasteiger partial charge in [0.25, 0.3) is 0 Å². The number of hydrogen-bond acceptors (Lipinski definition) is 6. The summed E-state index contributed by atoms with van der Waals surface area (Å²) in [4.78, 5) is 2.58. The SMILES string of the molecule is Cc1cc2/c(=N\Nc3ccccc3)c3c(C)c4c(c(C)c3c2s1)/c(=N/Nc1ccccc1)c1cc(C)sc14. The van der Waals surface area contributed by atoms with E-state index in [4.69, 9.17) is 10.2 Å². The molecule has 0 atom stereocenters. The van der Waals surface area contributed by atoms with Gasteiger partial charge in [-0.1, -0.05) is 36.4 Å². The van der Waals surface area contributed by atoms with Crippen molar-refractivity contribution in [1.29, 1.82) is 0 Å². The summed E-state index contributed by atoms with van der Waals surface area (Å²) in [6.45, 7) is 8.87. The van der Waals surface area contributed by atoms with Crippen LogP contribution in [0, 0.1) is 27.7 Å². The average Bonchev–Trinajstić information content (AvgIpc) is 3.64. The number of nitrogens with one attached hydrogen (secondary N) is 2. The Hall–Kier alpha value is -4.00. The number of anilines is 2. The van der Waals surface area contributed by atoms with Crippen molar-refractivity contribution >= 4 is 75.8 Å². The molecule has 0 aliphatic rings. The zero-order valence-corrected chi connectivity index (χ0v) is 23.3. The lowest BCUT2D eigenvalue weighted by Crippen LogP contribution is -2.07. The number of benzene rings is 3. The van der Waals surface area contributed by atoms with Gasteiger partial charge in [0.15, 0.2) is 0 Å². The fourth-order valence-electron chi connectivity index (χ4n) is 5.68. The molecule has 0 aliphatic carbocycles. The highest BCUT2D eigenvalue weighted by Gasteiger charge is 2.23. The molecule has 0 saturated heterocycles. The Kier molecular flexibility index (Phi) is 5.35. The molecule has 7 aromatic rings. The Labute approximate surface area is 228 Å². The first-order valence-corrected chi connectivity index (χ1v) is 14.3. The predicted octanol–water partition coefficient (Wildman–Crippen LogP) is 8.39. The minimum absolute atomic E-state index is 0.982. The van der Waals surface area contributed by atoms with Gasteiger partial charge in [0.2, 0.25) is 0 Å². The van der Waals surface area contributed by atoms with Crippen LogP contribution in [0.1, 0.15) is 20.9 Å². The van der Waals surface area contributed by atoms with Crippen LogP contribution in [0.3, 0.4) is 0 Å². The molecule has 7 rings (SSSR count). The smallest absolute Gasteiger partial charge is 0.100 e. The third kappa shape index (κ3) is 3.48. The molecule has 0 radical (unpaired) electrons. The molecule has 6 heteroatoms. The summed E-state index contributed by atoms with van der Waals surface area (Å²) in [5, 5.41) is 19.5. The van der Waals surface area contributed by atoms with Crippen LogP contribution in [0.25, 0.3) is 41.7 Å². The fraction of sp³-hybridized carbons (Fsp3) is 0.125. The summed E-state index contributed by atoms with van der Waals surface area (Å²) >= 11 is 3.70. The summed E-state index contributed by atoms with van der Waals surface area (Å²) in [6.07, 6.45) is 0. The number of para-hydroxylation sites is 2. The summed E-state index contributed by atoms with van der Waals surface area (Å²) in [5.74, 6) is 0. The second-order valence-electron chi connectivity index (χ2n) is 9.83. The Morgan fingerprint density at radius 1 is 0.526 bits per heavy atom. The highest BCUT2D eigenvalue weighted by molar-refractivity contribution is 7.20. The lowest BCUT2D eigenvalue weighted by molar-refractivity contribution is 1.25. The number of aryl methyl sites for hydroxylation is 4. The second-order valence-corrected chi connectivity index (χ2v) is 12.3. The molecule has 186 valence electrons.